The van der Waals surface area contributed by atoms with Crippen LogP contribution in [0.3, 0.4) is 0 Å². The molecule has 1 amide bonds. The van der Waals surface area contributed by atoms with Gasteiger partial charge in [0.2, 0.25) is 0 Å². The van der Waals surface area contributed by atoms with Crippen molar-refractivity contribution in [3.05, 3.63) is 65.7 Å². The second kappa shape index (κ2) is 6.10. The van der Waals surface area contributed by atoms with Gasteiger partial charge in [-0.1, -0.05) is 67.8 Å². The predicted octanol–water partition coefficient (Wildman–Crippen LogP) is 2.71. The molecule has 0 aromatic heterocycles. The molecule has 0 radical (unpaired) electrons. The first-order chi connectivity index (χ1) is 13.1. The lowest BCUT2D eigenvalue weighted by Crippen LogP contribution is -2.85. The van der Waals surface area contributed by atoms with Crippen molar-refractivity contribution in [2.24, 2.45) is 0 Å². The van der Waals surface area contributed by atoms with Gasteiger partial charge in [0.1, 0.15) is 5.41 Å². The summed E-state index contributed by atoms with van der Waals surface area (Å²) in [6.45, 7) is 0.763. The number of hydrogen-bond donors (Lipinski definition) is 2. The van der Waals surface area contributed by atoms with Crippen LogP contribution in [0.25, 0.3) is 0 Å². The van der Waals surface area contributed by atoms with E-state index in [4.69, 9.17) is 0 Å². The summed E-state index contributed by atoms with van der Waals surface area (Å²) >= 11 is 0. The van der Waals surface area contributed by atoms with Gasteiger partial charge in [0, 0.05) is 18.3 Å². The molecule has 4 heteroatoms. The van der Waals surface area contributed by atoms with E-state index in [9.17, 15) is 4.79 Å². The molecule has 4 N–H and O–H groups in total. The van der Waals surface area contributed by atoms with Gasteiger partial charge in [-0.2, -0.15) is 0 Å². The fourth-order valence-electron chi connectivity index (χ4n) is 5.61. The Kier molecular flexibility index (Phi) is 3.80. The Balaban J connectivity index is 1.61. The number of carbonyl (C=O) groups excluding carboxylic acids is 1. The number of quaternary nitrogens is 1. The topological polar surface area (TPSA) is 60.0 Å². The zero-order valence-electron chi connectivity index (χ0n) is 15.8. The van der Waals surface area contributed by atoms with Gasteiger partial charge in [0.05, 0.1) is 0 Å². The van der Waals surface area contributed by atoms with Gasteiger partial charge in [-0.15, -0.1) is 0 Å². The van der Waals surface area contributed by atoms with Crippen LogP contribution in [-0.4, -0.2) is 29.1 Å². The molecule has 0 spiro atoms. The van der Waals surface area contributed by atoms with Crippen molar-refractivity contribution < 1.29 is 10.5 Å². The van der Waals surface area contributed by atoms with Crippen LogP contribution >= 0.6 is 0 Å². The monoisotopic (exact) mass is 362 g/mol. The van der Waals surface area contributed by atoms with E-state index in [0.717, 1.165) is 31.5 Å². The Morgan fingerprint density at radius 1 is 1.00 bits per heavy atom. The van der Waals surface area contributed by atoms with Crippen LogP contribution in [0.1, 0.15) is 43.2 Å². The summed E-state index contributed by atoms with van der Waals surface area (Å²) < 4.78 is 0. The second-order valence-corrected chi connectivity index (χ2v) is 8.55. The van der Waals surface area contributed by atoms with E-state index < -0.39 is 5.66 Å². The number of amides is 1. The molecule has 2 aromatic carbocycles. The average molecular weight is 362 g/mol. The SMILES string of the molecule is [NH3+][C@@]12Nc3ccccc3[C@@]1(Cc1ccccc1)CN(C1CCCCC1)C2=O. The van der Waals surface area contributed by atoms with Crippen molar-refractivity contribution in [2.75, 3.05) is 11.9 Å². The molecule has 2 aromatic rings. The van der Waals surface area contributed by atoms with Crippen molar-refractivity contribution in [3.63, 3.8) is 0 Å². The van der Waals surface area contributed by atoms with E-state index in [0.29, 0.717) is 6.04 Å². The minimum Gasteiger partial charge on any atom is -0.331 e. The number of nitrogens with zero attached hydrogens (tertiary/aromatic N) is 1. The zero-order valence-corrected chi connectivity index (χ0v) is 15.8. The van der Waals surface area contributed by atoms with E-state index in [1.54, 1.807) is 0 Å². The van der Waals surface area contributed by atoms with Crippen molar-refractivity contribution in [1.82, 2.24) is 4.90 Å². The van der Waals surface area contributed by atoms with Gasteiger partial charge in [0.15, 0.2) is 0 Å². The van der Waals surface area contributed by atoms with Crippen LogP contribution in [-0.2, 0) is 16.6 Å². The number of likely N-dealkylation sites (tertiary alicyclic amines) is 1. The van der Waals surface area contributed by atoms with Crippen molar-refractivity contribution >= 4 is 11.6 Å². The van der Waals surface area contributed by atoms with Crippen LogP contribution in [0, 0.1) is 0 Å². The zero-order chi connectivity index (χ0) is 18.5. The highest BCUT2D eigenvalue weighted by molar-refractivity contribution is 5.96. The second-order valence-electron chi connectivity index (χ2n) is 8.55. The summed E-state index contributed by atoms with van der Waals surface area (Å²) in [5, 5.41) is 3.55. The molecule has 2 aliphatic heterocycles. The molecule has 1 aliphatic carbocycles. The summed E-state index contributed by atoms with van der Waals surface area (Å²) in [6, 6.07) is 19.3. The fraction of sp³-hybridized carbons (Fsp3) is 0.435. The first-order valence-electron chi connectivity index (χ1n) is 10.2. The third kappa shape index (κ3) is 2.36. The molecule has 4 nitrogen and oxygen atoms in total. The van der Waals surface area contributed by atoms with Crippen molar-refractivity contribution in [2.45, 2.75) is 55.6 Å². The maximum Gasteiger partial charge on any atom is 0.307 e. The number of hydrogen-bond acceptors (Lipinski definition) is 2. The minimum atomic E-state index is -0.816. The molecule has 0 unspecified atom stereocenters. The van der Waals surface area contributed by atoms with E-state index in [1.807, 2.05) is 12.1 Å². The van der Waals surface area contributed by atoms with Gasteiger partial charge < -0.3 is 16.0 Å². The number of anilines is 1. The molecular weight excluding hydrogens is 334 g/mol. The number of benzene rings is 2. The van der Waals surface area contributed by atoms with Crippen LogP contribution in [0.15, 0.2) is 54.6 Å². The van der Waals surface area contributed by atoms with Crippen LogP contribution in [0.4, 0.5) is 5.69 Å². The summed E-state index contributed by atoms with van der Waals surface area (Å²) in [6.07, 6.45) is 6.85. The van der Waals surface area contributed by atoms with Gasteiger partial charge in [-0.05, 0) is 36.5 Å². The van der Waals surface area contributed by atoms with E-state index >= 15 is 0 Å². The maximum absolute atomic E-state index is 13.7. The molecule has 5 rings (SSSR count). The molecular formula is C23H28N3O+. The molecule has 2 fully saturated rings. The van der Waals surface area contributed by atoms with Crippen LogP contribution < -0.4 is 11.1 Å². The molecule has 2 heterocycles. The highest BCUT2D eigenvalue weighted by Crippen LogP contribution is 2.52. The first kappa shape index (κ1) is 16.8. The largest absolute Gasteiger partial charge is 0.331 e. The minimum absolute atomic E-state index is 0.182. The van der Waals surface area contributed by atoms with Gasteiger partial charge in [0.25, 0.3) is 5.66 Å². The number of carbonyl (C=O) groups is 1. The average Bonchev–Trinajstić information content (AvgIpc) is 3.08. The molecule has 1 saturated heterocycles. The lowest BCUT2D eigenvalue weighted by Gasteiger charge is -2.33. The van der Waals surface area contributed by atoms with Crippen LogP contribution in [0.2, 0.25) is 0 Å². The normalized spacial score (nSPS) is 30.1. The Bertz CT molecular complexity index is 861. The highest BCUT2D eigenvalue weighted by Gasteiger charge is 2.70. The van der Waals surface area contributed by atoms with Crippen molar-refractivity contribution in [3.8, 4) is 0 Å². The van der Waals surface area contributed by atoms with Gasteiger partial charge in [-0.3, -0.25) is 4.79 Å². The number of para-hydroxylation sites is 1. The van der Waals surface area contributed by atoms with E-state index in [-0.39, 0.29) is 11.3 Å². The van der Waals surface area contributed by atoms with E-state index in [2.05, 4.69) is 58.4 Å². The van der Waals surface area contributed by atoms with Crippen molar-refractivity contribution in [1.29, 1.82) is 0 Å². The molecule has 0 bridgehead atoms. The third-order valence-electron chi connectivity index (χ3n) is 7.04. The van der Waals surface area contributed by atoms with Crippen LogP contribution in [0.5, 0.6) is 0 Å². The van der Waals surface area contributed by atoms with Gasteiger partial charge in [-0.25, -0.2) is 0 Å². The molecule has 27 heavy (non-hydrogen) atoms. The molecule has 1 saturated carbocycles. The van der Waals surface area contributed by atoms with Gasteiger partial charge >= 0.3 is 5.91 Å². The summed E-state index contributed by atoms with van der Waals surface area (Å²) in [5.74, 6) is 0.182. The Labute approximate surface area is 160 Å². The first-order valence-corrected chi connectivity index (χ1v) is 10.2. The molecule has 140 valence electrons. The maximum atomic E-state index is 13.7. The number of fused-ring (bicyclic) bond motifs is 3. The summed E-state index contributed by atoms with van der Waals surface area (Å²) in [4.78, 5) is 15.8. The number of rotatable bonds is 3. The lowest BCUT2D eigenvalue weighted by molar-refractivity contribution is -0.459. The van der Waals surface area contributed by atoms with E-state index in [1.165, 1.54) is 30.4 Å². The smallest absolute Gasteiger partial charge is 0.307 e. The Hall–Kier alpha value is -2.33. The molecule has 2 atom stereocenters. The lowest BCUT2D eigenvalue weighted by atomic mass is 9.70. The highest BCUT2D eigenvalue weighted by atomic mass is 16.2. The quantitative estimate of drug-likeness (QED) is 0.882. The fourth-order valence-corrected chi connectivity index (χ4v) is 5.61. The molecule has 3 aliphatic rings. The standard InChI is InChI=1S/C23H27N3O/c24-23-21(27)26(18-11-5-2-6-12-18)16-22(23,15-17-9-3-1-4-10-17)19-13-7-8-14-20(19)25-23/h1,3-4,7-10,13-14,18,25H,2,5-6,11-12,15-16,24H2/p+1/t22-,23+/m1/s1. The number of nitrogens with one attached hydrogen (secondary N) is 1. The predicted molar refractivity (Wildman–Crippen MR) is 106 cm³/mol. The third-order valence-corrected chi connectivity index (χ3v) is 7.04. The summed E-state index contributed by atoms with van der Waals surface area (Å²) in [5.41, 5.74) is 6.98. The summed E-state index contributed by atoms with van der Waals surface area (Å²) in [7, 11) is 0. The Morgan fingerprint density at radius 3 is 2.48 bits per heavy atom. The Morgan fingerprint density at radius 2 is 1.70 bits per heavy atom.